The summed E-state index contributed by atoms with van der Waals surface area (Å²) in [5.74, 6) is 0. The van der Waals surface area contributed by atoms with Gasteiger partial charge in [0.2, 0.25) is 0 Å². The van der Waals surface area contributed by atoms with Gasteiger partial charge in [0, 0.05) is 28.0 Å². The normalized spacial score (nSPS) is 10.5. The van der Waals surface area contributed by atoms with E-state index in [1.807, 2.05) is 30.7 Å². The van der Waals surface area contributed by atoms with Gasteiger partial charge < -0.3 is 5.43 Å². The highest BCUT2D eigenvalue weighted by atomic mass is 79.9. The van der Waals surface area contributed by atoms with E-state index in [-0.39, 0.29) is 5.69 Å². The highest BCUT2D eigenvalue weighted by molar-refractivity contribution is 9.10. The first-order chi connectivity index (χ1) is 8.99. The quantitative estimate of drug-likeness (QED) is 0.691. The van der Waals surface area contributed by atoms with Gasteiger partial charge >= 0.3 is 0 Å². The summed E-state index contributed by atoms with van der Waals surface area (Å²) in [5.41, 5.74) is 6.58. The third kappa shape index (κ3) is 2.96. The Morgan fingerprint density at radius 2 is 1.89 bits per heavy atom. The maximum absolute atomic E-state index is 10.7. The molecule has 0 aliphatic rings. The van der Waals surface area contributed by atoms with Crippen LogP contribution in [0.5, 0.6) is 0 Å². The number of nitro benzene ring substituents is 1. The highest BCUT2D eigenvalue weighted by Gasteiger charge is 2.09. The molecule has 0 spiro atoms. The molecule has 0 fully saturated rings. The molecule has 100 valence electrons. The smallest absolute Gasteiger partial charge is 0.270 e. The Morgan fingerprint density at radius 1 is 1.26 bits per heavy atom. The predicted octanol–water partition coefficient (Wildman–Crippen LogP) is 3.52. The summed E-state index contributed by atoms with van der Waals surface area (Å²) in [7, 11) is 0. The van der Waals surface area contributed by atoms with E-state index < -0.39 is 4.92 Å². The number of benzene rings is 1. The van der Waals surface area contributed by atoms with Crippen LogP contribution in [-0.4, -0.2) is 9.60 Å². The minimum atomic E-state index is -0.401. The molecule has 2 aromatic rings. The van der Waals surface area contributed by atoms with Gasteiger partial charge in [-0.3, -0.25) is 14.8 Å². The Kier molecular flexibility index (Phi) is 3.90. The fourth-order valence-corrected chi connectivity index (χ4v) is 2.38. The number of rotatable bonds is 4. The number of non-ortho nitro benzene ring substituents is 1. The standard InChI is InChI=1S/C13H14BrN3O2/c1-9-3-4-10(2)16(9)15-8-11-5-6-12(17(18)19)7-13(11)14/h3-7,15H,8H2,1-2H3. The van der Waals surface area contributed by atoms with Crippen LogP contribution in [-0.2, 0) is 6.54 Å². The van der Waals surface area contributed by atoms with E-state index in [0.717, 1.165) is 21.4 Å². The van der Waals surface area contributed by atoms with Gasteiger partial charge in [0.05, 0.1) is 11.5 Å². The van der Waals surface area contributed by atoms with Gasteiger partial charge in [-0.05, 0) is 37.6 Å². The van der Waals surface area contributed by atoms with Crippen LogP contribution in [0.4, 0.5) is 5.69 Å². The average Bonchev–Trinajstić information content (AvgIpc) is 2.68. The third-order valence-corrected chi connectivity index (χ3v) is 3.68. The summed E-state index contributed by atoms with van der Waals surface area (Å²) in [6.45, 7) is 4.63. The van der Waals surface area contributed by atoms with Crippen LogP contribution in [0.3, 0.4) is 0 Å². The Labute approximate surface area is 119 Å². The van der Waals surface area contributed by atoms with Gasteiger partial charge in [-0.2, -0.15) is 0 Å². The van der Waals surface area contributed by atoms with Crippen LogP contribution < -0.4 is 5.43 Å². The van der Waals surface area contributed by atoms with Crippen molar-refractivity contribution in [1.82, 2.24) is 4.68 Å². The van der Waals surface area contributed by atoms with Crippen LogP contribution in [0.2, 0.25) is 0 Å². The van der Waals surface area contributed by atoms with E-state index in [9.17, 15) is 10.1 Å². The van der Waals surface area contributed by atoms with Crippen molar-refractivity contribution in [2.75, 3.05) is 5.43 Å². The van der Waals surface area contributed by atoms with E-state index >= 15 is 0 Å². The zero-order chi connectivity index (χ0) is 14.0. The number of hydrogen-bond donors (Lipinski definition) is 1. The van der Waals surface area contributed by atoms with Gasteiger partial charge in [-0.15, -0.1) is 0 Å². The number of hydrogen-bond acceptors (Lipinski definition) is 3. The van der Waals surface area contributed by atoms with Gasteiger partial charge in [0.1, 0.15) is 0 Å². The molecule has 0 atom stereocenters. The van der Waals surface area contributed by atoms with Crippen LogP contribution >= 0.6 is 15.9 Å². The van der Waals surface area contributed by atoms with Gasteiger partial charge in [-0.1, -0.05) is 15.9 Å². The lowest BCUT2D eigenvalue weighted by Gasteiger charge is -2.13. The van der Waals surface area contributed by atoms with Crippen molar-refractivity contribution in [2.24, 2.45) is 0 Å². The maximum atomic E-state index is 10.7. The first kappa shape index (κ1) is 13.6. The Bertz CT molecular complexity index is 603. The Morgan fingerprint density at radius 3 is 2.42 bits per heavy atom. The second-order valence-electron chi connectivity index (χ2n) is 4.32. The Balaban J connectivity index is 2.14. The lowest BCUT2D eigenvalue weighted by molar-refractivity contribution is -0.384. The topological polar surface area (TPSA) is 60.1 Å². The fraction of sp³-hybridized carbons (Fsp3) is 0.231. The molecule has 1 heterocycles. The molecule has 0 unspecified atom stereocenters. The molecule has 0 amide bonds. The molecule has 2 rings (SSSR count). The van der Waals surface area contributed by atoms with E-state index in [1.165, 1.54) is 12.1 Å². The third-order valence-electron chi connectivity index (χ3n) is 2.95. The van der Waals surface area contributed by atoms with Crippen LogP contribution in [0.15, 0.2) is 34.8 Å². The molecule has 0 aliphatic heterocycles. The number of halogens is 1. The SMILES string of the molecule is Cc1ccc(C)n1NCc1ccc([N+](=O)[O-])cc1Br. The van der Waals surface area contributed by atoms with Crippen molar-refractivity contribution in [2.45, 2.75) is 20.4 Å². The number of nitro groups is 1. The molecular formula is C13H14BrN3O2. The molecule has 1 N–H and O–H groups in total. The van der Waals surface area contributed by atoms with Crippen molar-refractivity contribution in [1.29, 1.82) is 0 Å². The minimum Gasteiger partial charge on any atom is -0.321 e. The van der Waals surface area contributed by atoms with Crippen LogP contribution in [0, 0.1) is 24.0 Å². The van der Waals surface area contributed by atoms with E-state index in [2.05, 4.69) is 21.4 Å². The first-order valence-corrected chi connectivity index (χ1v) is 6.60. The number of nitrogens with zero attached hydrogens (tertiary/aromatic N) is 2. The fourth-order valence-electron chi connectivity index (χ4n) is 1.88. The van der Waals surface area contributed by atoms with E-state index in [4.69, 9.17) is 0 Å². The van der Waals surface area contributed by atoms with Crippen molar-refractivity contribution < 1.29 is 4.92 Å². The summed E-state index contributed by atoms with van der Waals surface area (Å²) in [6.07, 6.45) is 0. The van der Waals surface area contributed by atoms with Crippen molar-refractivity contribution in [3.05, 3.63) is 61.9 Å². The predicted molar refractivity (Wildman–Crippen MR) is 77.8 cm³/mol. The molecule has 0 bridgehead atoms. The average molecular weight is 324 g/mol. The van der Waals surface area contributed by atoms with Crippen molar-refractivity contribution in [3.8, 4) is 0 Å². The van der Waals surface area contributed by atoms with Crippen molar-refractivity contribution >= 4 is 21.6 Å². The molecule has 1 aromatic carbocycles. The van der Waals surface area contributed by atoms with E-state index in [0.29, 0.717) is 6.54 Å². The molecule has 0 aliphatic carbocycles. The number of aryl methyl sites for hydroxylation is 2. The highest BCUT2D eigenvalue weighted by Crippen LogP contribution is 2.23. The Hall–Kier alpha value is -1.82. The zero-order valence-corrected chi connectivity index (χ0v) is 12.3. The molecular weight excluding hydrogens is 310 g/mol. The summed E-state index contributed by atoms with van der Waals surface area (Å²) in [5, 5.41) is 10.7. The summed E-state index contributed by atoms with van der Waals surface area (Å²) in [4.78, 5) is 10.3. The molecule has 0 saturated heterocycles. The second-order valence-corrected chi connectivity index (χ2v) is 5.17. The van der Waals surface area contributed by atoms with E-state index in [1.54, 1.807) is 6.07 Å². The summed E-state index contributed by atoms with van der Waals surface area (Å²) < 4.78 is 2.73. The van der Waals surface area contributed by atoms with Crippen molar-refractivity contribution in [3.63, 3.8) is 0 Å². The number of aromatic nitrogens is 1. The molecule has 19 heavy (non-hydrogen) atoms. The summed E-state index contributed by atoms with van der Waals surface area (Å²) in [6, 6.07) is 8.85. The lowest BCUT2D eigenvalue weighted by Crippen LogP contribution is -2.17. The van der Waals surface area contributed by atoms with Gasteiger partial charge in [0.15, 0.2) is 0 Å². The molecule has 6 heteroatoms. The molecule has 1 aromatic heterocycles. The lowest BCUT2D eigenvalue weighted by atomic mass is 10.2. The minimum absolute atomic E-state index is 0.0870. The molecule has 5 nitrogen and oxygen atoms in total. The van der Waals surface area contributed by atoms with Crippen LogP contribution in [0.25, 0.3) is 0 Å². The zero-order valence-electron chi connectivity index (χ0n) is 10.7. The van der Waals surface area contributed by atoms with Crippen LogP contribution in [0.1, 0.15) is 17.0 Å². The second kappa shape index (κ2) is 5.44. The molecule has 0 saturated carbocycles. The maximum Gasteiger partial charge on any atom is 0.270 e. The first-order valence-electron chi connectivity index (χ1n) is 5.80. The summed E-state index contributed by atoms with van der Waals surface area (Å²) >= 11 is 3.36. The monoisotopic (exact) mass is 323 g/mol. The van der Waals surface area contributed by atoms with Gasteiger partial charge in [-0.25, -0.2) is 0 Å². The van der Waals surface area contributed by atoms with Gasteiger partial charge in [0.25, 0.3) is 5.69 Å². The molecule has 0 radical (unpaired) electrons. The number of nitrogens with one attached hydrogen (secondary N) is 1. The largest absolute Gasteiger partial charge is 0.321 e.